The summed E-state index contributed by atoms with van der Waals surface area (Å²) in [7, 11) is -7.59. The number of carbonyl (C=O) groups excluding carboxylic acids is 2. The van der Waals surface area contributed by atoms with Crippen molar-refractivity contribution >= 4 is 32.9 Å². The summed E-state index contributed by atoms with van der Waals surface area (Å²) < 4.78 is 56.6. The third-order valence-corrected chi connectivity index (χ3v) is 10.1. The van der Waals surface area contributed by atoms with Crippen LogP contribution in [0.3, 0.4) is 0 Å². The zero-order valence-corrected chi connectivity index (χ0v) is 24.3. The highest BCUT2D eigenvalue weighted by Crippen LogP contribution is 2.20. The Balaban J connectivity index is 2.18. The second-order valence-electron chi connectivity index (χ2n) is 9.35. The van der Waals surface area contributed by atoms with Crippen molar-refractivity contribution in [1.82, 2.24) is 19.2 Å². The van der Waals surface area contributed by atoms with Crippen LogP contribution in [0.1, 0.15) is 43.2 Å². The quantitative estimate of drug-likeness (QED) is 0.183. The summed E-state index contributed by atoms with van der Waals surface area (Å²) in [5.74, 6) is 0. The molecule has 0 aromatic heterocycles. The Morgan fingerprint density at radius 1 is 0.564 bits per heavy atom. The van der Waals surface area contributed by atoms with Gasteiger partial charge in [0.05, 0.1) is 9.79 Å². The summed E-state index contributed by atoms with van der Waals surface area (Å²) in [6, 6.07) is 13.3. The first-order valence-corrected chi connectivity index (χ1v) is 16.0. The highest BCUT2D eigenvalue weighted by Gasteiger charge is 2.27. The molecular weight excluding hydrogens is 540 g/mol. The minimum absolute atomic E-state index is 0.143. The lowest BCUT2D eigenvalue weighted by Gasteiger charge is -2.26. The summed E-state index contributed by atoms with van der Waals surface area (Å²) in [5.41, 5.74) is 1.89. The SMILES string of the molecule is Cc1ccc(S(=O)(=O)N(CCCCNC=O)CCCN(CCCCNC=O)S(=O)(=O)c2ccc(C)cc2)cc1. The Morgan fingerprint density at radius 2 is 0.897 bits per heavy atom. The normalized spacial score (nSPS) is 12.0. The fraction of sp³-hybridized carbons (Fsp3) is 0.481. The van der Waals surface area contributed by atoms with E-state index in [4.69, 9.17) is 0 Å². The van der Waals surface area contributed by atoms with Gasteiger partial charge in [-0.1, -0.05) is 35.4 Å². The van der Waals surface area contributed by atoms with Gasteiger partial charge in [0, 0.05) is 39.3 Å². The number of hydrogen-bond donors (Lipinski definition) is 2. The molecular formula is C27H40N4O6S2. The molecule has 0 saturated carbocycles. The van der Waals surface area contributed by atoms with E-state index < -0.39 is 20.0 Å². The number of unbranched alkanes of at least 4 members (excludes halogenated alkanes) is 2. The van der Waals surface area contributed by atoms with Crippen LogP contribution in [0, 0.1) is 13.8 Å². The van der Waals surface area contributed by atoms with Crippen molar-refractivity contribution in [2.24, 2.45) is 0 Å². The van der Waals surface area contributed by atoms with Crippen molar-refractivity contribution in [1.29, 1.82) is 0 Å². The molecule has 0 aliphatic carbocycles. The summed E-state index contributed by atoms with van der Waals surface area (Å²) in [6.45, 7) is 5.44. The Morgan fingerprint density at radius 3 is 1.23 bits per heavy atom. The van der Waals surface area contributed by atoms with Crippen LogP contribution in [-0.4, -0.2) is 77.5 Å². The first kappa shape index (κ1) is 32.4. The molecule has 39 heavy (non-hydrogen) atoms. The number of carbonyl (C=O) groups is 2. The largest absolute Gasteiger partial charge is 0.359 e. The van der Waals surface area contributed by atoms with Crippen molar-refractivity contribution in [3.8, 4) is 0 Å². The number of benzene rings is 2. The van der Waals surface area contributed by atoms with Crippen LogP contribution in [0.5, 0.6) is 0 Å². The second-order valence-corrected chi connectivity index (χ2v) is 13.2. The van der Waals surface area contributed by atoms with E-state index in [-0.39, 0.29) is 36.0 Å². The van der Waals surface area contributed by atoms with Gasteiger partial charge in [-0.25, -0.2) is 16.8 Å². The molecule has 2 aromatic rings. The highest BCUT2D eigenvalue weighted by atomic mass is 32.2. The van der Waals surface area contributed by atoms with Gasteiger partial charge in [0.2, 0.25) is 32.9 Å². The summed E-state index contributed by atoms with van der Waals surface area (Å²) in [6.07, 6.45) is 3.83. The van der Waals surface area contributed by atoms with E-state index in [1.807, 2.05) is 13.8 Å². The molecule has 0 bridgehead atoms. The second kappa shape index (κ2) is 16.3. The molecule has 0 heterocycles. The number of sulfonamides is 2. The van der Waals surface area contributed by atoms with Gasteiger partial charge in [0.15, 0.2) is 0 Å². The molecule has 0 radical (unpaired) electrons. The molecule has 10 nitrogen and oxygen atoms in total. The topological polar surface area (TPSA) is 133 Å². The standard InChI is InChI=1S/C27H40N4O6S2/c1-24-8-12-26(13-9-24)38(34,35)30(18-5-3-16-28-22-32)20-7-21-31(19-6-4-17-29-23-33)39(36,37)27-14-10-25(2)11-15-27/h8-15,22-23H,3-7,16-21H2,1-2H3,(H,28,32)(H,29,33). The smallest absolute Gasteiger partial charge is 0.243 e. The van der Waals surface area contributed by atoms with Crippen molar-refractivity contribution in [3.63, 3.8) is 0 Å². The summed E-state index contributed by atoms with van der Waals surface area (Å²) >= 11 is 0. The lowest BCUT2D eigenvalue weighted by Crippen LogP contribution is -2.37. The molecule has 12 heteroatoms. The first-order valence-electron chi connectivity index (χ1n) is 13.1. The van der Waals surface area contributed by atoms with E-state index in [0.717, 1.165) is 11.1 Å². The predicted molar refractivity (Wildman–Crippen MR) is 151 cm³/mol. The number of nitrogens with one attached hydrogen (secondary N) is 2. The number of nitrogens with zero attached hydrogens (tertiary/aromatic N) is 2. The lowest BCUT2D eigenvalue weighted by molar-refractivity contribution is -0.110. The number of rotatable bonds is 20. The van der Waals surface area contributed by atoms with Gasteiger partial charge in [0.1, 0.15) is 0 Å². The predicted octanol–water partition coefficient (Wildman–Crippen LogP) is 2.43. The van der Waals surface area contributed by atoms with Crippen LogP contribution in [0.15, 0.2) is 58.3 Å². The maximum Gasteiger partial charge on any atom is 0.243 e. The van der Waals surface area contributed by atoms with Crippen molar-refractivity contribution in [2.45, 2.75) is 55.7 Å². The Kier molecular flexibility index (Phi) is 13.6. The molecule has 216 valence electrons. The van der Waals surface area contributed by atoms with Gasteiger partial charge in [0.25, 0.3) is 0 Å². The van der Waals surface area contributed by atoms with Crippen LogP contribution < -0.4 is 10.6 Å². The van der Waals surface area contributed by atoms with Crippen LogP contribution in [-0.2, 0) is 29.6 Å². The molecule has 0 unspecified atom stereocenters. The average molecular weight is 581 g/mol. The van der Waals surface area contributed by atoms with Gasteiger partial charge in [-0.05, 0) is 70.2 Å². The van der Waals surface area contributed by atoms with Gasteiger partial charge in [-0.15, -0.1) is 0 Å². The van der Waals surface area contributed by atoms with Crippen LogP contribution >= 0.6 is 0 Å². The highest BCUT2D eigenvalue weighted by molar-refractivity contribution is 7.89. The van der Waals surface area contributed by atoms with Gasteiger partial charge >= 0.3 is 0 Å². The van der Waals surface area contributed by atoms with Crippen LogP contribution in [0.2, 0.25) is 0 Å². The van der Waals surface area contributed by atoms with Crippen LogP contribution in [0.4, 0.5) is 0 Å². The third kappa shape index (κ3) is 10.4. The van der Waals surface area contributed by atoms with E-state index in [1.165, 1.54) is 8.61 Å². The summed E-state index contributed by atoms with van der Waals surface area (Å²) in [5, 5.41) is 5.16. The fourth-order valence-corrected chi connectivity index (χ4v) is 7.03. The zero-order valence-electron chi connectivity index (χ0n) is 22.7. The third-order valence-electron chi connectivity index (χ3n) is 6.26. The number of aryl methyl sites for hydroxylation is 2. The van der Waals surface area contributed by atoms with E-state index in [2.05, 4.69) is 10.6 Å². The Bertz CT molecular complexity index is 1140. The van der Waals surface area contributed by atoms with Gasteiger partial charge < -0.3 is 10.6 Å². The lowest BCUT2D eigenvalue weighted by atomic mass is 10.2. The molecule has 2 rings (SSSR count). The molecule has 0 aliphatic heterocycles. The van der Waals surface area contributed by atoms with Crippen molar-refractivity contribution in [2.75, 3.05) is 39.3 Å². The van der Waals surface area contributed by atoms with E-state index >= 15 is 0 Å². The van der Waals surface area contributed by atoms with Crippen LogP contribution in [0.25, 0.3) is 0 Å². The molecule has 0 saturated heterocycles. The molecule has 2 aromatic carbocycles. The monoisotopic (exact) mass is 580 g/mol. The molecule has 0 fully saturated rings. The Hall–Kier alpha value is -2.80. The number of hydrogen-bond acceptors (Lipinski definition) is 6. The minimum atomic E-state index is -3.79. The van der Waals surface area contributed by atoms with E-state index in [9.17, 15) is 26.4 Å². The van der Waals surface area contributed by atoms with Gasteiger partial charge in [-0.3, -0.25) is 9.59 Å². The molecule has 2 amide bonds. The van der Waals surface area contributed by atoms with E-state index in [1.54, 1.807) is 48.5 Å². The van der Waals surface area contributed by atoms with Crippen molar-refractivity contribution < 1.29 is 26.4 Å². The minimum Gasteiger partial charge on any atom is -0.359 e. The molecule has 0 spiro atoms. The van der Waals surface area contributed by atoms with Gasteiger partial charge in [-0.2, -0.15) is 8.61 Å². The molecule has 0 atom stereocenters. The van der Waals surface area contributed by atoms with Crippen molar-refractivity contribution in [3.05, 3.63) is 59.7 Å². The number of amides is 2. The average Bonchev–Trinajstić information content (AvgIpc) is 2.91. The molecule has 2 N–H and O–H groups in total. The fourth-order valence-electron chi connectivity index (χ4n) is 3.99. The maximum absolute atomic E-state index is 13.4. The van der Waals surface area contributed by atoms with E-state index in [0.29, 0.717) is 58.0 Å². The maximum atomic E-state index is 13.4. The summed E-state index contributed by atoms with van der Waals surface area (Å²) in [4.78, 5) is 21.4. The Labute approximate surface area is 232 Å². The molecule has 0 aliphatic rings. The first-order chi connectivity index (χ1) is 18.6. The zero-order chi connectivity index (χ0) is 28.7.